The van der Waals surface area contributed by atoms with E-state index < -0.39 is 9.84 Å². The van der Waals surface area contributed by atoms with Gasteiger partial charge in [-0.1, -0.05) is 23.1 Å². The van der Waals surface area contributed by atoms with Crippen LogP contribution in [0.5, 0.6) is 0 Å². The fraction of sp³-hybridized carbons (Fsp3) is 0.812. The fourth-order valence-corrected chi connectivity index (χ4v) is 6.86. The van der Waals surface area contributed by atoms with Crippen molar-refractivity contribution in [2.24, 2.45) is 0 Å². The average molecular weight is 433 g/mol. The summed E-state index contributed by atoms with van der Waals surface area (Å²) >= 11 is 2.82. The number of hydrogen-bond acceptors (Lipinski definition) is 9. The van der Waals surface area contributed by atoms with Gasteiger partial charge in [-0.25, -0.2) is 8.42 Å². The zero-order valence-electron chi connectivity index (χ0n) is 15.0. The van der Waals surface area contributed by atoms with Crippen molar-refractivity contribution < 1.29 is 17.9 Å². The highest BCUT2D eigenvalue weighted by atomic mass is 32.2. The van der Waals surface area contributed by atoms with Crippen molar-refractivity contribution >= 4 is 44.0 Å². The Morgan fingerprint density at radius 1 is 1.30 bits per heavy atom. The molecule has 0 spiro atoms. The molecule has 3 fully saturated rings. The molecule has 0 radical (unpaired) electrons. The van der Waals surface area contributed by atoms with Crippen LogP contribution in [-0.2, 0) is 19.4 Å². The van der Waals surface area contributed by atoms with E-state index in [1.807, 2.05) is 0 Å². The number of nitrogens with one attached hydrogen (secondary N) is 1. The summed E-state index contributed by atoms with van der Waals surface area (Å²) in [4.78, 5) is 14.6. The second-order valence-corrected chi connectivity index (χ2v) is 11.7. The van der Waals surface area contributed by atoms with Crippen LogP contribution in [0.2, 0.25) is 0 Å². The molecular formula is C16H24N4O4S3. The van der Waals surface area contributed by atoms with E-state index in [0.717, 1.165) is 22.3 Å². The van der Waals surface area contributed by atoms with Crippen LogP contribution in [0.4, 0.5) is 5.13 Å². The minimum absolute atomic E-state index is 0.0122. The van der Waals surface area contributed by atoms with Crippen LogP contribution >= 0.6 is 23.1 Å². The van der Waals surface area contributed by atoms with Gasteiger partial charge in [-0.05, 0) is 32.1 Å². The molecule has 0 unspecified atom stereocenters. The van der Waals surface area contributed by atoms with Crippen LogP contribution in [0.1, 0.15) is 32.1 Å². The van der Waals surface area contributed by atoms with Gasteiger partial charge in [-0.15, -0.1) is 10.2 Å². The van der Waals surface area contributed by atoms with E-state index in [1.165, 1.54) is 35.9 Å². The molecule has 1 amide bonds. The molecule has 3 heterocycles. The Morgan fingerprint density at radius 2 is 2.15 bits per heavy atom. The van der Waals surface area contributed by atoms with Crippen molar-refractivity contribution in [3.63, 3.8) is 0 Å². The van der Waals surface area contributed by atoms with Gasteiger partial charge in [0, 0.05) is 25.2 Å². The van der Waals surface area contributed by atoms with Crippen molar-refractivity contribution in [2.75, 3.05) is 35.7 Å². The molecule has 1 aromatic rings. The van der Waals surface area contributed by atoms with Crippen molar-refractivity contribution in [1.29, 1.82) is 0 Å². The molecule has 0 bridgehead atoms. The maximum atomic E-state index is 12.9. The highest BCUT2D eigenvalue weighted by molar-refractivity contribution is 8.01. The smallest absolute Gasteiger partial charge is 0.233 e. The largest absolute Gasteiger partial charge is 0.376 e. The topological polar surface area (TPSA) is 101 Å². The van der Waals surface area contributed by atoms with E-state index in [0.29, 0.717) is 25.6 Å². The maximum absolute atomic E-state index is 12.9. The van der Waals surface area contributed by atoms with E-state index in [9.17, 15) is 13.2 Å². The Bertz CT molecular complexity index is 774. The van der Waals surface area contributed by atoms with Crippen LogP contribution in [0.3, 0.4) is 0 Å². The molecule has 1 aliphatic carbocycles. The van der Waals surface area contributed by atoms with Gasteiger partial charge in [0.25, 0.3) is 0 Å². The third kappa shape index (κ3) is 5.33. The molecule has 2 saturated heterocycles. The Hall–Kier alpha value is -0.910. The Balaban J connectivity index is 1.36. The lowest BCUT2D eigenvalue weighted by molar-refractivity contribution is -0.131. The first-order chi connectivity index (χ1) is 13.0. The van der Waals surface area contributed by atoms with Gasteiger partial charge in [0.05, 0.1) is 23.4 Å². The van der Waals surface area contributed by atoms with E-state index in [2.05, 4.69) is 15.5 Å². The first kappa shape index (κ1) is 19.4. The zero-order chi connectivity index (χ0) is 18.9. The second-order valence-electron chi connectivity index (χ2n) is 7.32. The van der Waals surface area contributed by atoms with Gasteiger partial charge in [-0.3, -0.25) is 4.79 Å². The minimum atomic E-state index is -3.05. The molecule has 150 valence electrons. The van der Waals surface area contributed by atoms with Crippen LogP contribution in [0, 0.1) is 0 Å². The highest BCUT2D eigenvalue weighted by Crippen LogP contribution is 2.31. The molecule has 1 N–H and O–H groups in total. The molecule has 11 heteroatoms. The number of aromatic nitrogens is 2. The number of thioether (sulfide) groups is 1. The summed E-state index contributed by atoms with van der Waals surface area (Å²) in [6.45, 7) is 1.19. The SMILES string of the molecule is O=C(CSc1nnc(NC2CC2)s1)N(C[C@H]1CCCO1)[C@@H]1CCS(=O)(=O)C1. The first-order valence-corrected chi connectivity index (χ1v) is 13.0. The standard InChI is InChI=1S/C16H24N4O4S3/c21-14(9-25-16-19-18-15(26-16)17-11-3-4-11)20(8-13-2-1-6-24-13)12-5-7-27(22,23)10-12/h11-13H,1-10H2,(H,17,18)/t12-,13-/m1/s1. The molecular weight excluding hydrogens is 408 g/mol. The van der Waals surface area contributed by atoms with Gasteiger partial charge in [0.15, 0.2) is 14.2 Å². The lowest BCUT2D eigenvalue weighted by Crippen LogP contribution is -2.46. The quantitative estimate of drug-likeness (QED) is 0.615. The number of rotatable bonds is 8. The number of ether oxygens (including phenoxy) is 1. The van der Waals surface area contributed by atoms with Crippen LogP contribution in [0.25, 0.3) is 0 Å². The molecule has 1 saturated carbocycles. The molecule has 27 heavy (non-hydrogen) atoms. The first-order valence-electron chi connectivity index (χ1n) is 9.33. The number of nitrogens with zero attached hydrogens (tertiary/aromatic N) is 3. The fourth-order valence-electron chi connectivity index (χ4n) is 3.42. The number of carbonyl (C=O) groups is 1. The lowest BCUT2D eigenvalue weighted by atomic mass is 10.1. The van der Waals surface area contributed by atoms with Gasteiger partial charge >= 0.3 is 0 Å². The van der Waals surface area contributed by atoms with E-state index >= 15 is 0 Å². The van der Waals surface area contributed by atoms with Gasteiger partial charge < -0.3 is 15.0 Å². The van der Waals surface area contributed by atoms with Crippen molar-refractivity contribution in [1.82, 2.24) is 15.1 Å². The zero-order valence-corrected chi connectivity index (χ0v) is 17.5. The van der Waals surface area contributed by atoms with Gasteiger partial charge in [0.1, 0.15) is 0 Å². The van der Waals surface area contributed by atoms with Crippen molar-refractivity contribution in [2.45, 2.75) is 54.6 Å². The summed E-state index contributed by atoms with van der Waals surface area (Å²) in [5, 5.41) is 12.3. The molecule has 4 rings (SSSR count). The monoisotopic (exact) mass is 432 g/mol. The van der Waals surface area contributed by atoms with Gasteiger partial charge in [0.2, 0.25) is 11.0 Å². The number of carbonyl (C=O) groups excluding carboxylic acids is 1. The number of amides is 1. The summed E-state index contributed by atoms with van der Waals surface area (Å²) in [6, 6.07) is 0.275. The highest BCUT2D eigenvalue weighted by Gasteiger charge is 2.36. The lowest BCUT2D eigenvalue weighted by Gasteiger charge is -2.30. The van der Waals surface area contributed by atoms with E-state index in [4.69, 9.17) is 4.74 Å². The van der Waals surface area contributed by atoms with Gasteiger partial charge in [-0.2, -0.15) is 0 Å². The van der Waals surface area contributed by atoms with E-state index in [1.54, 1.807) is 4.90 Å². The predicted molar refractivity (Wildman–Crippen MR) is 105 cm³/mol. The number of hydrogen-bond donors (Lipinski definition) is 1. The summed E-state index contributed by atoms with van der Waals surface area (Å²) < 4.78 is 30.2. The summed E-state index contributed by atoms with van der Waals surface area (Å²) in [5.41, 5.74) is 0. The maximum Gasteiger partial charge on any atom is 0.233 e. The molecule has 2 aliphatic heterocycles. The number of sulfone groups is 1. The van der Waals surface area contributed by atoms with Crippen molar-refractivity contribution in [3.8, 4) is 0 Å². The third-order valence-corrected chi connectivity index (χ3v) is 8.75. The average Bonchev–Trinajstić information content (AvgIpc) is 3.01. The molecule has 1 aromatic heterocycles. The van der Waals surface area contributed by atoms with E-state index in [-0.39, 0.29) is 35.3 Å². The Labute approximate surface area is 167 Å². The Morgan fingerprint density at radius 3 is 2.81 bits per heavy atom. The molecule has 3 aliphatic rings. The van der Waals surface area contributed by atoms with Crippen LogP contribution < -0.4 is 5.32 Å². The second kappa shape index (κ2) is 8.22. The normalized spacial score (nSPS) is 27.0. The molecule has 0 aromatic carbocycles. The molecule has 8 nitrogen and oxygen atoms in total. The summed E-state index contributed by atoms with van der Waals surface area (Å²) in [7, 11) is -3.05. The Kier molecular flexibility index (Phi) is 5.91. The predicted octanol–water partition coefficient (Wildman–Crippen LogP) is 1.40. The summed E-state index contributed by atoms with van der Waals surface area (Å²) in [6.07, 6.45) is 4.78. The summed E-state index contributed by atoms with van der Waals surface area (Å²) in [5.74, 6) is 0.405. The minimum Gasteiger partial charge on any atom is -0.376 e. The third-order valence-electron chi connectivity index (χ3n) is 5.02. The number of anilines is 1. The molecule has 2 atom stereocenters. The van der Waals surface area contributed by atoms with Crippen molar-refractivity contribution in [3.05, 3.63) is 0 Å². The van der Waals surface area contributed by atoms with Crippen LogP contribution in [-0.4, -0.2) is 78.0 Å². The van der Waals surface area contributed by atoms with Crippen LogP contribution in [0.15, 0.2) is 4.34 Å².